The summed E-state index contributed by atoms with van der Waals surface area (Å²) in [7, 11) is 0. The molecule has 0 aromatic heterocycles. The Morgan fingerprint density at radius 1 is 1.50 bits per heavy atom. The highest BCUT2D eigenvalue weighted by Crippen LogP contribution is 2.27. The molecule has 0 aliphatic carbocycles. The minimum Gasteiger partial charge on any atom is -0.312 e. The molecule has 1 fully saturated rings. The van der Waals surface area contributed by atoms with Crippen LogP contribution in [0.15, 0.2) is 22.7 Å². The van der Waals surface area contributed by atoms with Gasteiger partial charge in [0, 0.05) is 28.1 Å². The molecule has 2 atom stereocenters. The van der Waals surface area contributed by atoms with Crippen molar-refractivity contribution >= 4 is 27.7 Å². The fourth-order valence-electron chi connectivity index (χ4n) is 2.04. The smallest absolute Gasteiger partial charge is 0.0239 e. The Hall–Kier alpha value is 0.01000. The molecule has 1 aromatic carbocycles. The van der Waals surface area contributed by atoms with Crippen LogP contribution in [0.1, 0.15) is 18.1 Å². The number of thioether (sulfide) groups is 1. The summed E-state index contributed by atoms with van der Waals surface area (Å²) in [4.78, 5) is 0. The van der Waals surface area contributed by atoms with Crippen LogP contribution in [0, 0.1) is 6.92 Å². The van der Waals surface area contributed by atoms with Gasteiger partial charge < -0.3 is 5.32 Å². The van der Waals surface area contributed by atoms with Gasteiger partial charge in [-0.15, -0.1) is 0 Å². The van der Waals surface area contributed by atoms with Crippen molar-refractivity contribution in [1.29, 1.82) is 0 Å². The van der Waals surface area contributed by atoms with Gasteiger partial charge in [-0.2, -0.15) is 11.8 Å². The molecule has 88 valence electrons. The summed E-state index contributed by atoms with van der Waals surface area (Å²) in [5.74, 6) is 1.23. The molecule has 0 saturated carbocycles. The molecule has 1 saturated heterocycles. The maximum atomic E-state index is 3.66. The van der Waals surface area contributed by atoms with E-state index in [9.17, 15) is 0 Å². The lowest BCUT2D eigenvalue weighted by molar-refractivity contribution is 0.528. The van der Waals surface area contributed by atoms with Crippen LogP contribution in [0.3, 0.4) is 0 Å². The predicted octanol–water partition coefficient (Wildman–Crippen LogP) is 3.39. The summed E-state index contributed by atoms with van der Waals surface area (Å²) in [5, 5.41) is 4.25. The SMILES string of the molecule is Cc1ccc(CC2SCCNC2C)c(Br)c1. The minimum absolute atomic E-state index is 0.618. The van der Waals surface area contributed by atoms with Gasteiger partial charge in [-0.05, 0) is 37.5 Å². The first-order valence-corrected chi connectivity index (χ1v) is 7.61. The van der Waals surface area contributed by atoms with Crippen molar-refractivity contribution in [2.75, 3.05) is 12.3 Å². The van der Waals surface area contributed by atoms with E-state index < -0.39 is 0 Å². The van der Waals surface area contributed by atoms with E-state index in [-0.39, 0.29) is 0 Å². The van der Waals surface area contributed by atoms with Crippen molar-refractivity contribution in [3.63, 3.8) is 0 Å². The highest BCUT2D eigenvalue weighted by atomic mass is 79.9. The van der Waals surface area contributed by atoms with E-state index in [1.54, 1.807) is 0 Å². The normalized spacial score (nSPS) is 25.7. The lowest BCUT2D eigenvalue weighted by Crippen LogP contribution is -2.42. The Labute approximate surface area is 111 Å². The van der Waals surface area contributed by atoms with E-state index in [4.69, 9.17) is 0 Å². The van der Waals surface area contributed by atoms with E-state index in [1.807, 2.05) is 0 Å². The molecule has 2 unspecified atom stereocenters. The summed E-state index contributed by atoms with van der Waals surface area (Å²) in [6.07, 6.45) is 1.15. The van der Waals surface area contributed by atoms with Crippen LogP contribution in [0.25, 0.3) is 0 Å². The number of halogens is 1. The van der Waals surface area contributed by atoms with Gasteiger partial charge in [-0.25, -0.2) is 0 Å². The van der Waals surface area contributed by atoms with Crippen molar-refractivity contribution in [1.82, 2.24) is 5.32 Å². The number of aryl methyl sites for hydroxylation is 1. The first-order valence-electron chi connectivity index (χ1n) is 5.77. The summed E-state index contributed by atoms with van der Waals surface area (Å²) in [6, 6.07) is 7.28. The van der Waals surface area contributed by atoms with Crippen LogP contribution in [0.5, 0.6) is 0 Å². The molecule has 0 spiro atoms. The second-order valence-electron chi connectivity index (χ2n) is 4.45. The number of hydrogen-bond donors (Lipinski definition) is 1. The average molecular weight is 300 g/mol. The zero-order valence-electron chi connectivity index (χ0n) is 9.79. The van der Waals surface area contributed by atoms with Gasteiger partial charge in [0.1, 0.15) is 0 Å². The molecule has 3 heteroatoms. The molecule has 16 heavy (non-hydrogen) atoms. The van der Waals surface area contributed by atoms with E-state index in [0.29, 0.717) is 11.3 Å². The summed E-state index contributed by atoms with van der Waals surface area (Å²) in [5.41, 5.74) is 2.75. The molecule has 1 aliphatic rings. The topological polar surface area (TPSA) is 12.0 Å². The maximum absolute atomic E-state index is 3.66. The molecule has 1 nitrogen and oxygen atoms in total. The standard InChI is InChI=1S/C13H18BrNS/c1-9-3-4-11(12(14)7-9)8-13-10(2)15-5-6-16-13/h3-4,7,10,13,15H,5-6,8H2,1-2H3. The lowest BCUT2D eigenvalue weighted by atomic mass is 10.0. The Bertz CT molecular complexity index is 367. The molecule has 0 bridgehead atoms. The summed E-state index contributed by atoms with van der Waals surface area (Å²) < 4.78 is 1.26. The molecule has 0 amide bonds. The second-order valence-corrected chi connectivity index (χ2v) is 6.65. The van der Waals surface area contributed by atoms with Gasteiger partial charge >= 0.3 is 0 Å². The molecule has 1 heterocycles. The quantitative estimate of drug-likeness (QED) is 0.898. The molecule has 1 N–H and O–H groups in total. The van der Waals surface area contributed by atoms with Crippen LogP contribution in [0.2, 0.25) is 0 Å². The summed E-state index contributed by atoms with van der Waals surface area (Å²) >= 11 is 5.76. The van der Waals surface area contributed by atoms with Crippen molar-refractivity contribution < 1.29 is 0 Å². The van der Waals surface area contributed by atoms with Gasteiger partial charge in [0.25, 0.3) is 0 Å². The van der Waals surface area contributed by atoms with E-state index in [0.717, 1.165) is 13.0 Å². The number of rotatable bonds is 2. The maximum Gasteiger partial charge on any atom is 0.0239 e. The highest BCUT2D eigenvalue weighted by Gasteiger charge is 2.22. The van der Waals surface area contributed by atoms with Gasteiger partial charge in [-0.3, -0.25) is 0 Å². The Kier molecular flexibility index (Phi) is 4.34. The third kappa shape index (κ3) is 3.02. The number of hydrogen-bond acceptors (Lipinski definition) is 2. The molecular formula is C13H18BrNS. The van der Waals surface area contributed by atoms with Crippen molar-refractivity contribution in [2.24, 2.45) is 0 Å². The van der Waals surface area contributed by atoms with Crippen LogP contribution in [-0.2, 0) is 6.42 Å². The fourth-order valence-corrected chi connectivity index (χ4v) is 3.92. The van der Waals surface area contributed by atoms with E-state index in [1.165, 1.54) is 21.4 Å². The third-order valence-corrected chi connectivity index (χ3v) is 5.27. The minimum atomic E-state index is 0.618. The molecule has 1 aliphatic heterocycles. The first kappa shape index (κ1) is 12.5. The average Bonchev–Trinajstić information content (AvgIpc) is 2.25. The number of benzene rings is 1. The predicted molar refractivity (Wildman–Crippen MR) is 76.3 cm³/mol. The Morgan fingerprint density at radius 3 is 3.00 bits per heavy atom. The van der Waals surface area contributed by atoms with Crippen LogP contribution in [-0.4, -0.2) is 23.6 Å². The molecule has 1 aromatic rings. The zero-order chi connectivity index (χ0) is 11.5. The van der Waals surface area contributed by atoms with Gasteiger partial charge in [0.2, 0.25) is 0 Å². The van der Waals surface area contributed by atoms with Gasteiger partial charge in [-0.1, -0.05) is 28.1 Å². The largest absolute Gasteiger partial charge is 0.312 e. The van der Waals surface area contributed by atoms with E-state index in [2.05, 4.69) is 65.1 Å². The first-order chi connectivity index (χ1) is 7.66. The second kappa shape index (κ2) is 5.56. The van der Waals surface area contributed by atoms with E-state index >= 15 is 0 Å². The monoisotopic (exact) mass is 299 g/mol. The van der Waals surface area contributed by atoms with Crippen LogP contribution < -0.4 is 5.32 Å². The third-order valence-electron chi connectivity index (χ3n) is 3.09. The zero-order valence-corrected chi connectivity index (χ0v) is 12.2. The molecule has 2 rings (SSSR count). The van der Waals surface area contributed by atoms with Gasteiger partial charge in [0.15, 0.2) is 0 Å². The lowest BCUT2D eigenvalue weighted by Gasteiger charge is -2.29. The Morgan fingerprint density at radius 2 is 2.31 bits per heavy atom. The van der Waals surface area contributed by atoms with Crippen molar-refractivity contribution in [2.45, 2.75) is 31.6 Å². The summed E-state index contributed by atoms with van der Waals surface area (Å²) in [6.45, 7) is 5.57. The van der Waals surface area contributed by atoms with Crippen molar-refractivity contribution in [3.05, 3.63) is 33.8 Å². The van der Waals surface area contributed by atoms with Crippen molar-refractivity contribution in [3.8, 4) is 0 Å². The fraction of sp³-hybridized carbons (Fsp3) is 0.538. The van der Waals surface area contributed by atoms with Crippen LogP contribution in [0.4, 0.5) is 0 Å². The Balaban J connectivity index is 2.07. The van der Waals surface area contributed by atoms with Gasteiger partial charge in [0.05, 0.1) is 0 Å². The number of nitrogens with one attached hydrogen (secondary N) is 1. The molecular weight excluding hydrogens is 282 g/mol. The highest BCUT2D eigenvalue weighted by molar-refractivity contribution is 9.10. The van der Waals surface area contributed by atoms with Crippen LogP contribution >= 0.6 is 27.7 Å². The molecule has 0 radical (unpaired) electrons.